The Bertz CT molecular complexity index is 645. The van der Waals surface area contributed by atoms with Crippen molar-refractivity contribution in [1.82, 2.24) is 14.9 Å². The lowest BCUT2D eigenvalue weighted by Crippen LogP contribution is -2.32. The number of benzene rings is 1. The minimum absolute atomic E-state index is 0.671. The number of nitrogens with zero attached hydrogens (tertiary/aromatic N) is 2. The van der Waals surface area contributed by atoms with E-state index in [1.54, 1.807) is 14.2 Å². The minimum atomic E-state index is 0.671. The van der Waals surface area contributed by atoms with Crippen LogP contribution in [-0.4, -0.2) is 36.9 Å². The summed E-state index contributed by atoms with van der Waals surface area (Å²) in [6, 6.07) is 4.03. The number of nitrogens with one attached hydrogen (secondary N) is 1. The van der Waals surface area contributed by atoms with Crippen molar-refractivity contribution in [3.05, 3.63) is 18.0 Å². The van der Waals surface area contributed by atoms with E-state index in [1.807, 2.05) is 6.07 Å². The van der Waals surface area contributed by atoms with Crippen LogP contribution in [0, 0.1) is 5.92 Å². The van der Waals surface area contributed by atoms with Crippen molar-refractivity contribution in [3.63, 3.8) is 0 Å². The zero-order valence-corrected chi connectivity index (χ0v) is 13.7. The third-order valence-electron chi connectivity index (χ3n) is 4.49. The van der Waals surface area contributed by atoms with Gasteiger partial charge in [-0.3, -0.25) is 0 Å². The van der Waals surface area contributed by atoms with E-state index in [1.165, 1.54) is 12.8 Å². The van der Waals surface area contributed by atoms with Crippen LogP contribution in [0.4, 0.5) is 0 Å². The third kappa shape index (κ3) is 2.77. The highest BCUT2D eigenvalue weighted by Crippen LogP contribution is 2.33. The fraction of sp³-hybridized carbons (Fsp3) is 0.588. The number of methoxy groups -OCH3 is 2. The smallest absolute Gasteiger partial charge is 0.163 e. The zero-order valence-electron chi connectivity index (χ0n) is 13.7. The number of hydrogen-bond acceptors (Lipinski definition) is 4. The summed E-state index contributed by atoms with van der Waals surface area (Å²) in [5.74, 6) is 3.31. The van der Waals surface area contributed by atoms with Crippen molar-refractivity contribution in [2.75, 3.05) is 27.3 Å². The Balaban J connectivity index is 2.02. The summed E-state index contributed by atoms with van der Waals surface area (Å²) in [6.07, 6.45) is 3.47. The summed E-state index contributed by atoms with van der Waals surface area (Å²) < 4.78 is 13.2. The lowest BCUT2D eigenvalue weighted by atomic mass is 9.99. The fourth-order valence-electron chi connectivity index (χ4n) is 3.31. The molecule has 1 N–H and O–H groups in total. The molecule has 0 bridgehead atoms. The van der Waals surface area contributed by atoms with Gasteiger partial charge in [-0.1, -0.05) is 6.92 Å². The fourth-order valence-corrected chi connectivity index (χ4v) is 3.31. The molecule has 1 aliphatic heterocycles. The van der Waals surface area contributed by atoms with Crippen molar-refractivity contribution in [2.45, 2.75) is 32.7 Å². The molecule has 1 saturated heterocycles. The number of ether oxygens (including phenoxy) is 2. The quantitative estimate of drug-likeness (QED) is 0.922. The predicted molar refractivity (Wildman–Crippen MR) is 87.8 cm³/mol. The molecule has 0 amide bonds. The van der Waals surface area contributed by atoms with Crippen molar-refractivity contribution >= 4 is 11.0 Å². The van der Waals surface area contributed by atoms with Gasteiger partial charge in [0.15, 0.2) is 11.5 Å². The summed E-state index contributed by atoms with van der Waals surface area (Å²) in [5.41, 5.74) is 2.12. The lowest BCUT2D eigenvalue weighted by Gasteiger charge is -2.24. The molecule has 1 aromatic carbocycles. The van der Waals surface area contributed by atoms with Crippen LogP contribution in [0.3, 0.4) is 0 Å². The van der Waals surface area contributed by atoms with Gasteiger partial charge >= 0.3 is 0 Å². The number of fused-ring (bicyclic) bond motifs is 1. The molecule has 1 unspecified atom stereocenters. The SMILES string of the molecule is CCc1nc2cc(OC)c(OC)cc2n1CC1CCCNC1. The number of piperidine rings is 1. The molecule has 120 valence electrons. The number of aryl methyl sites for hydroxylation is 1. The van der Waals surface area contributed by atoms with Gasteiger partial charge in [-0.15, -0.1) is 0 Å². The molecule has 1 aliphatic rings. The molecule has 1 aromatic heterocycles. The molecular formula is C17H25N3O2. The second kappa shape index (κ2) is 6.57. The van der Waals surface area contributed by atoms with E-state index >= 15 is 0 Å². The van der Waals surface area contributed by atoms with Crippen LogP contribution in [-0.2, 0) is 13.0 Å². The maximum absolute atomic E-state index is 5.45. The van der Waals surface area contributed by atoms with Crippen LogP contribution < -0.4 is 14.8 Å². The molecule has 0 aliphatic carbocycles. The van der Waals surface area contributed by atoms with E-state index in [2.05, 4.69) is 22.9 Å². The van der Waals surface area contributed by atoms with E-state index in [9.17, 15) is 0 Å². The maximum Gasteiger partial charge on any atom is 0.163 e. The zero-order chi connectivity index (χ0) is 15.5. The van der Waals surface area contributed by atoms with Crippen LogP contribution in [0.1, 0.15) is 25.6 Å². The van der Waals surface area contributed by atoms with Gasteiger partial charge in [0.1, 0.15) is 5.82 Å². The van der Waals surface area contributed by atoms with Gasteiger partial charge in [0, 0.05) is 25.1 Å². The molecule has 3 rings (SSSR count). The average molecular weight is 303 g/mol. The van der Waals surface area contributed by atoms with Crippen LogP contribution in [0.5, 0.6) is 11.5 Å². The summed E-state index contributed by atoms with van der Waals surface area (Å²) in [4.78, 5) is 4.79. The summed E-state index contributed by atoms with van der Waals surface area (Å²) in [7, 11) is 3.34. The highest BCUT2D eigenvalue weighted by Gasteiger charge is 2.19. The second-order valence-electron chi connectivity index (χ2n) is 5.90. The Labute approximate surface area is 131 Å². The molecule has 5 heteroatoms. The number of hydrogen-bond donors (Lipinski definition) is 1. The molecule has 0 spiro atoms. The van der Waals surface area contributed by atoms with Gasteiger partial charge in [0.2, 0.25) is 0 Å². The summed E-state index contributed by atoms with van der Waals surface area (Å²) in [5, 5.41) is 3.50. The van der Waals surface area contributed by atoms with Gasteiger partial charge in [-0.05, 0) is 31.8 Å². The monoisotopic (exact) mass is 303 g/mol. The molecule has 2 heterocycles. The average Bonchev–Trinajstić information content (AvgIpc) is 2.91. The van der Waals surface area contributed by atoms with E-state index in [4.69, 9.17) is 14.5 Å². The first-order valence-electron chi connectivity index (χ1n) is 8.08. The van der Waals surface area contributed by atoms with E-state index in [0.29, 0.717) is 5.92 Å². The minimum Gasteiger partial charge on any atom is -0.493 e. The molecule has 5 nitrogen and oxygen atoms in total. The number of rotatable bonds is 5. The first-order valence-corrected chi connectivity index (χ1v) is 8.08. The highest BCUT2D eigenvalue weighted by molar-refractivity contribution is 5.80. The van der Waals surface area contributed by atoms with Crippen molar-refractivity contribution < 1.29 is 9.47 Å². The Morgan fingerprint density at radius 1 is 1.27 bits per heavy atom. The number of aromatic nitrogens is 2. The normalized spacial score (nSPS) is 18.6. The molecule has 1 atom stereocenters. The first-order chi connectivity index (χ1) is 10.8. The van der Waals surface area contributed by atoms with E-state index < -0.39 is 0 Å². The van der Waals surface area contributed by atoms with Crippen LogP contribution >= 0.6 is 0 Å². The summed E-state index contributed by atoms with van der Waals surface area (Å²) >= 11 is 0. The molecule has 0 radical (unpaired) electrons. The second-order valence-corrected chi connectivity index (χ2v) is 5.90. The predicted octanol–water partition coefficient (Wildman–Crippen LogP) is 2.62. The Kier molecular flexibility index (Phi) is 4.52. The molecule has 2 aromatic rings. The van der Waals surface area contributed by atoms with Crippen molar-refractivity contribution in [3.8, 4) is 11.5 Å². The molecule has 22 heavy (non-hydrogen) atoms. The van der Waals surface area contributed by atoms with E-state index in [-0.39, 0.29) is 0 Å². The molecule has 1 fully saturated rings. The van der Waals surface area contributed by atoms with Crippen LogP contribution in [0.15, 0.2) is 12.1 Å². The Morgan fingerprint density at radius 2 is 2.05 bits per heavy atom. The molecule has 0 saturated carbocycles. The lowest BCUT2D eigenvalue weighted by molar-refractivity contribution is 0.336. The van der Waals surface area contributed by atoms with Gasteiger partial charge < -0.3 is 19.4 Å². The maximum atomic E-state index is 5.45. The standard InChI is InChI=1S/C17H25N3O2/c1-4-17-19-13-8-15(21-2)16(22-3)9-14(13)20(17)11-12-6-5-7-18-10-12/h8-9,12,18H,4-7,10-11H2,1-3H3. The van der Waals surface area contributed by atoms with Gasteiger partial charge in [-0.25, -0.2) is 4.98 Å². The van der Waals surface area contributed by atoms with Crippen LogP contribution in [0.25, 0.3) is 11.0 Å². The summed E-state index contributed by atoms with van der Waals surface area (Å²) in [6.45, 7) is 5.41. The van der Waals surface area contributed by atoms with E-state index in [0.717, 1.165) is 54.4 Å². The Hall–Kier alpha value is -1.75. The van der Waals surface area contributed by atoms with Gasteiger partial charge in [0.25, 0.3) is 0 Å². The number of imidazole rings is 1. The largest absolute Gasteiger partial charge is 0.493 e. The highest BCUT2D eigenvalue weighted by atomic mass is 16.5. The Morgan fingerprint density at radius 3 is 2.68 bits per heavy atom. The molecular weight excluding hydrogens is 278 g/mol. The van der Waals surface area contributed by atoms with Gasteiger partial charge in [0.05, 0.1) is 25.3 Å². The third-order valence-corrected chi connectivity index (χ3v) is 4.49. The first kappa shape index (κ1) is 15.2. The van der Waals surface area contributed by atoms with Crippen LogP contribution in [0.2, 0.25) is 0 Å². The van der Waals surface area contributed by atoms with Crippen molar-refractivity contribution in [1.29, 1.82) is 0 Å². The van der Waals surface area contributed by atoms with Crippen molar-refractivity contribution in [2.24, 2.45) is 5.92 Å². The van der Waals surface area contributed by atoms with Gasteiger partial charge in [-0.2, -0.15) is 0 Å². The topological polar surface area (TPSA) is 48.3 Å².